The fourth-order valence-corrected chi connectivity index (χ4v) is 2.53. The van der Waals surface area contributed by atoms with Crippen molar-refractivity contribution in [3.05, 3.63) is 29.8 Å². The highest BCUT2D eigenvalue weighted by Crippen LogP contribution is 2.36. The Morgan fingerprint density at radius 1 is 1.19 bits per heavy atom. The molecule has 1 saturated carbocycles. The summed E-state index contributed by atoms with van der Waals surface area (Å²) in [7, 11) is 0. The fourth-order valence-electron chi connectivity index (χ4n) is 2.53. The molecule has 1 aromatic carbocycles. The van der Waals surface area contributed by atoms with Crippen molar-refractivity contribution in [3.63, 3.8) is 0 Å². The zero-order chi connectivity index (χ0) is 11.0. The van der Waals surface area contributed by atoms with Gasteiger partial charge in [0.1, 0.15) is 0 Å². The standard InChI is InChI=1S/C13H15NO2/c15-13-12(16-9-5-1-2-6-9)10-7-3-4-8-11(10)14-13/h3-4,7-9,12H,1-2,5-6H2,(H,14,15). The van der Waals surface area contributed by atoms with E-state index in [9.17, 15) is 4.79 Å². The average molecular weight is 217 g/mol. The molecule has 84 valence electrons. The third-order valence-electron chi connectivity index (χ3n) is 3.37. The Hall–Kier alpha value is -1.35. The van der Waals surface area contributed by atoms with E-state index in [1.54, 1.807) is 0 Å². The van der Waals surface area contributed by atoms with E-state index in [0.717, 1.165) is 24.1 Å². The van der Waals surface area contributed by atoms with E-state index in [4.69, 9.17) is 4.74 Å². The van der Waals surface area contributed by atoms with Crippen molar-refractivity contribution in [2.75, 3.05) is 5.32 Å². The van der Waals surface area contributed by atoms with E-state index in [1.807, 2.05) is 24.3 Å². The summed E-state index contributed by atoms with van der Waals surface area (Å²) in [6.45, 7) is 0. The number of ether oxygens (including phenoxy) is 1. The molecule has 3 nitrogen and oxygen atoms in total. The monoisotopic (exact) mass is 217 g/mol. The minimum atomic E-state index is -0.390. The molecule has 1 amide bonds. The highest BCUT2D eigenvalue weighted by Gasteiger charge is 2.33. The highest BCUT2D eigenvalue weighted by molar-refractivity contribution is 6.01. The molecule has 1 aromatic rings. The van der Waals surface area contributed by atoms with Gasteiger partial charge in [-0.2, -0.15) is 0 Å². The molecule has 1 unspecified atom stereocenters. The van der Waals surface area contributed by atoms with Crippen LogP contribution in [0.2, 0.25) is 0 Å². The molecule has 0 radical (unpaired) electrons. The van der Waals surface area contributed by atoms with Crippen LogP contribution in [0.5, 0.6) is 0 Å². The second kappa shape index (κ2) is 3.91. The van der Waals surface area contributed by atoms with E-state index in [2.05, 4.69) is 5.32 Å². The molecule has 16 heavy (non-hydrogen) atoms. The van der Waals surface area contributed by atoms with E-state index in [-0.39, 0.29) is 18.1 Å². The molecule has 0 saturated heterocycles. The number of hydrogen-bond donors (Lipinski definition) is 1. The third-order valence-corrected chi connectivity index (χ3v) is 3.37. The lowest BCUT2D eigenvalue weighted by molar-refractivity contribution is -0.130. The van der Waals surface area contributed by atoms with Crippen molar-refractivity contribution in [2.45, 2.75) is 37.9 Å². The van der Waals surface area contributed by atoms with Gasteiger partial charge < -0.3 is 10.1 Å². The first-order valence-electron chi connectivity index (χ1n) is 5.90. The molecular weight excluding hydrogens is 202 g/mol. The van der Waals surface area contributed by atoms with Crippen molar-refractivity contribution in [3.8, 4) is 0 Å². The summed E-state index contributed by atoms with van der Waals surface area (Å²) < 4.78 is 5.90. The maximum Gasteiger partial charge on any atom is 0.258 e. The predicted molar refractivity (Wildman–Crippen MR) is 61.2 cm³/mol. The van der Waals surface area contributed by atoms with Gasteiger partial charge in [0.2, 0.25) is 0 Å². The van der Waals surface area contributed by atoms with E-state index >= 15 is 0 Å². The minimum Gasteiger partial charge on any atom is -0.360 e. The Bertz CT molecular complexity index is 410. The highest BCUT2D eigenvalue weighted by atomic mass is 16.5. The van der Waals surface area contributed by atoms with Crippen LogP contribution in [0.3, 0.4) is 0 Å². The van der Waals surface area contributed by atoms with Crippen LogP contribution in [-0.4, -0.2) is 12.0 Å². The number of nitrogens with one attached hydrogen (secondary N) is 1. The summed E-state index contributed by atoms with van der Waals surface area (Å²) in [6.07, 6.45) is 4.50. The number of carbonyl (C=O) groups is 1. The molecule has 1 heterocycles. The summed E-state index contributed by atoms with van der Waals surface area (Å²) in [5, 5.41) is 2.86. The van der Waals surface area contributed by atoms with E-state index < -0.39 is 0 Å². The summed E-state index contributed by atoms with van der Waals surface area (Å²) in [5.74, 6) is -0.0203. The van der Waals surface area contributed by atoms with Crippen LogP contribution in [0.4, 0.5) is 5.69 Å². The average Bonchev–Trinajstić information content (AvgIpc) is 2.89. The number of fused-ring (bicyclic) bond motifs is 1. The molecule has 2 aliphatic rings. The lowest BCUT2D eigenvalue weighted by Gasteiger charge is -2.16. The van der Waals surface area contributed by atoms with Gasteiger partial charge in [0.25, 0.3) is 5.91 Å². The number of hydrogen-bond acceptors (Lipinski definition) is 2. The van der Waals surface area contributed by atoms with Gasteiger partial charge in [-0.15, -0.1) is 0 Å². The zero-order valence-electron chi connectivity index (χ0n) is 9.11. The van der Waals surface area contributed by atoms with Crippen LogP contribution >= 0.6 is 0 Å². The van der Waals surface area contributed by atoms with Crippen LogP contribution in [0, 0.1) is 0 Å². The normalized spacial score (nSPS) is 24.5. The topological polar surface area (TPSA) is 38.3 Å². The summed E-state index contributed by atoms with van der Waals surface area (Å²) in [4.78, 5) is 11.8. The van der Waals surface area contributed by atoms with Gasteiger partial charge in [0.15, 0.2) is 6.10 Å². The third kappa shape index (κ3) is 1.61. The lowest BCUT2D eigenvalue weighted by Crippen LogP contribution is -2.20. The maximum absolute atomic E-state index is 11.8. The first kappa shape index (κ1) is 9.85. The van der Waals surface area contributed by atoms with Crippen LogP contribution in [-0.2, 0) is 9.53 Å². The molecule has 0 bridgehead atoms. The van der Waals surface area contributed by atoms with Gasteiger partial charge in [-0.1, -0.05) is 31.0 Å². The maximum atomic E-state index is 11.8. The number of amides is 1. The molecule has 1 atom stereocenters. The fraction of sp³-hybridized carbons (Fsp3) is 0.462. The van der Waals surface area contributed by atoms with Gasteiger partial charge in [-0.3, -0.25) is 4.79 Å². The molecule has 0 spiro atoms. The number of anilines is 1. The van der Waals surface area contributed by atoms with Gasteiger partial charge in [0, 0.05) is 11.3 Å². The lowest BCUT2D eigenvalue weighted by atomic mass is 10.1. The van der Waals surface area contributed by atoms with Gasteiger partial charge in [-0.05, 0) is 18.9 Å². The molecule has 1 aliphatic heterocycles. The van der Waals surface area contributed by atoms with Crippen molar-refractivity contribution in [1.82, 2.24) is 0 Å². The molecule has 3 rings (SSSR count). The minimum absolute atomic E-state index is 0.0203. The molecular formula is C13H15NO2. The summed E-state index contributed by atoms with van der Waals surface area (Å²) in [5.41, 5.74) is 1.88. The number of carbonyl (C=O) groups excluding carboxylic acids is 1. The summed E-state index contributed by atoms with van der Waals surface area (Å²) in [6, 6.07) is 7.76. The molecule has 1 aliphatic carbocycles. The zero-order valence-corrected chi connectivity index (χ0v) is 9.11. The Morgan fingerprint density at radius 3 is 2.75 bits per heavy atom. The largest absolute Gasteiger partial charge is 0.360 e. The number of para-hydroxylation sites is 1. The smallest absolute Gasteiger partial charge is 0.258 e. The SMILES string of the molecule is O=C1Nc2ccccc2C1OC1CCCC1. The van der Waals surface area contributed by atoms with Crippen LogP contribution in [0.25, 0.3) is 0 Å². The van der Waals surface area contributed by atoms with Crippen molar-refractivity contribution < 1.29 is 9.53 Å². The second-order valence-corrected chi connectivity index (χ2v) is 4.50. The first-order chi connectivity index (χ1) is 7.84. The molecule has 1 fully saturated rings. The number of rotatable bonds is 2. The molecule has 3 heteroatoms. The molecule has 0 aromatic heterocycles. The molecule has 1 N–H and O–H groups in total. The van der Waals surface area contributed by atoms with Gasteiger partial charge in [-0.25, -0.2) is 0 Å². The van der Waals surface area contributed by atoms with Gasteiger partial charge in [0.05, 0.1) is 6.10 Å². The first-order valence-corrected chi connectivity index (χ1v) is 5.90. The van der Waals surface area contributed by atoms with E-state index in [1.165, 1.54) is 12.8 Å². The Balaban J connectivity index is 1.81. The van der Waals surface area contributed by atoms with Crippen LogP contribution in [0.1, 0.15) is 37.4 Å². The van der Waals surface area contributed by atoms with Gasteiger partial charge >= 0.3 is 0 Å². The Kier molecular flexibility index (Phi) is 2.40. The Morgan fingerprint density at radius 2 is 1.94 bits per heavy atom. The second-order valence-electron chi connectivity index (χ2n) is 4.50. The predicted octanol–water partition coefficient (Wildman–Crippen LogP) is 2.64. The summed E-state index contributed by atoms with van der Waals surface area (Å²) >= 11 is 0. The van der Waals surface area contributed by atoms with Crippen LogP contribution < -0.4 is 5.32 Å². The van der Waals surface area contributed by atoms with E-state index in [0.29, 0.717) is 0 Å². The van der Waals surface area contributed by atoms with Crippen LogP contribution in [0.15, 0.2) is 24.3 Å². The Labute approximate surface area is 94.8 Å². The van der Waals surface area contributed by atoms with Crippen molar-refractivity contribution in [2.24, 2.45) is 0 Å². The van der Waals surface area contributed by atoms with Crippen molar-refractivity contribution >= 4 is 11.6 Å². The quantitative estimate of drug-likeness (QED) is 0.827. The number of benzene rings is 1. The van der Waals surface area contributed by atoms with Crippen molar-refractivity contribution in [1.29, 1.82) is 0 Å².